The predicted molar refractivity (Wildman–Crippen MR) is 136 cm³/mol. The van der Waals surface area contributed by atoms with Gasteiger partial charge < -0.3 is 9.64 Å². The molecule has 180 valence electrons. The van der Waals surface area contributed by atoms with E-state index in [1.807, 2.05) is 45.0 Å². The van der Waals surface area contributed by atoms with Crippen LogP contribution in [0.25, 0.3) is 15.9 Å². The number of esters is 1. The number of thioether (sulfide) groups is 1. The van der Waals surface area contributed by atoms with Crippen LogP contribution in [0.5, 0.6) is 0 Å². The van der Waals surface area contributed by atoms with Crippen LogP contribution < -0.4 is 5.56 Å². The predicted octanol–water partition coefficient (Wildman–Crippen LogP) is 4.27. The molecule has 7 nitrogen and oxygen atoms in total. The molecule has 0 aliphatic carbocycles. The van der Waals surface area contributed by atoms with Gasteiger partial charge in [0.25, 0.3) is 5.56 Å². The first-order valence-corrected chi connectivity index (χ1v) is 13.3. The summed E-state index contributed by atoms with van der Waals surface area (Å²) in [6, 6.07) is 7.71. The van der Waals surface area contributed by atoms with Gasteiger partial charge in [0.1, 0.15) is 4.83 Å². The fourth-order valence-electron chi connectivity index (χ4n) is 4.24. The monoisotopic (exact) mass is 499 g/mol. The van der Waals surface area contributed by atoms with Gasteiger partial charge in [-0.1, -0.05) is 30.0 Å². The third-order valence-electron chi connectivity index (χ3n) is 6.32. The fourth-order valence-corrected chi connectivity index (χ4v) is 6.22. The Morgan fingerprint density at radius 1 is 1.18 bits per heavy atom. The molecule has 1 fully saturated rings. The topological polar surface area (TPSA) is 81.5 Å². The summed E-state index contributed by atoms with van der Waals surface area (Å²) < 4.78 is 6.76. The number of aromatic nitrogens is 2. The lowest BCUT2D eigenvalue weighted by atomic mass is 9.97. The van der Waals surface area contributed by atoms with Crippen LogP contribution >= 0.6 is 23.1 Å². The van der Waals surface area contributed by atoms with Crippen molar-refractivity contribution in [2.45, 2.75) is 45.7 Å². The van der Waals surface area contributed by atoms with Crippen LogP contribution in [0.15, 0.2) is 34.2 Å². The van der Waals surface area contributed by atoms with Crippen LogP contribution in [-0.4, -0.2) is 51.8 Å². The zero-order valence-corrected chi connectivity index (χ0v) is 21.6. The van der Waals surface area contributed by atoms with E-state index in [4.69, 9.17) is 9.72 Å². The van der Waals surface area contributed by atoms with Crippen LogP contribution in [0.4, 0.5) is 0 Å². The molecular formula is C25H29N3O4S2. The van der Waals surface area contributed by atoms with Gasteiger partial charge in [-0.2, -0.15) is 0 Å². The molecule has 0 atom stereocenters. The molecule has 0 unspecified atom stereocenters. The van der Waals surface area contributed by atoms with Crippen molar-refractivity contribution in [2.24, 2.45) is 5.92 Å². The lowest BCUT2D eigenvalue weighted by Crippen LogP contribution is -2.41. The Balaban J connectivity index is 1.58. The molecule has 2 aromatic heterocycles. The van der Waals surface area contributed by atoms with Gasteiger partial charge in [0.15, 0.2) is 5.16 Å². The number of piperidine rings is 1. The van der Waals surface area contributed by atoms with Crippen molar-refractivity contribution >= 4 is 45.2 Å². The highest BCUT2D eigenvalue weighted by Gasteiger charge is 2.28. The summed E-state index contributed by atoms with van der Waals surface area (Å²) in [5.74, 6) is -0.156. The number of amides is 1. The molecular weight excluding hydrogens is 470 g/mol. The van der Waals surface area contributed by atoms with Gasteiger partial charge >= 0.3 is 5.97 Å². The number of nitrogens with zero attached hydrogens (tertiary/aromatic N) is 3. The Kier molecular flexibility index (Phi) is 7.42. The molecule has 1 aromatic carbocycles. The SMILES string of the molecule is CCOC(=O)C1CCN(C(=O)CSc2nc3sc(C)c(C)c3c(=O)n2-c2ccccc2C)CC1. The summed E-state index contributed by atoms with van der Waals surface area (Å²) in [4.78, 5) is 46.9. The molecule has 0 bridgehead atoms. The highest BCUT2D eigenvalue weighted by Crippen LogP contribution is 2.30. The number of aryl methyl sites for hydroxylation is 3. The van der Waals surface area contributed by atoms with Gasteiger partial charge in [-0.15, -0.1) is 11.3 Å². The summed E-state index contributed by atoms with van der Waals surface area (Å²) in [6.07, 6.45) is 1.22. The molecule has 0 N–H and O–H groups in total. The minimum absolute atomic E-state index is 0.0171. The zero-order valence-electron chi connectivity index (χ0n) is 19.9. The van der Waals surface area contributed by atoms with Gasteiger partial charge in [0, 0.05) is 18.0 Å². The Labute approximate surface area is 207 Å². The molecule has 1 saturated heterocycles. The van der Waals surface area contributed by atoms with E-state index in [0.29, 0.717) is 47.9 Å². The molecule has 1 amide bonds. The molecule has 3 aromatic rings. The number of rotatable bonds is 6. The minimum atomic E-state index is -0.176. The van der Waals surface area contributed by atoms with Crippen molar-refractivity contribution in [3.63, 3.8) is 0 Å². The molecule has 1 aliphatic rings. The van der Waals surface area contributed by atoms with Gasteiger partial charge in [0.05, 0.1) is 29.4 Å². The first-order chi connectivity index (χ1) is 16.3. The highest BCUT2D eigenvalue weighted by molar-refractivity contribution is 7.99. The van der Waals surface area contributed by atoms with Gasteiger partial charge in [-0.25, -0.2) is 4.98 Å². The summed E-state index contributed by atoms with van der Waals surface area (Å²) in [6.45, 7) is 9.15. The number of hydrogen-bond acceptors (Lipinski definition) is 7. The van der Waals surface area contributed by atoms with Gasteiger partial charge in [-0.05, 0) is 57.7 Å². The second kappa shape index (κ2) is 10.3. The summed E-state index contributed by atoms with van der Waals surface area (Å²) in [7, 11) is 0. The summed E-state index contributed by atoms with van der Waals surface area (Å²) in [5, 5.41) is 1.16. The highest BCUT2D eigenvalue weighted by atomic mass is 32.2. The standard InChI is InChI=1S/C25H29N3O4S2/c1-5-32-24(31)18-10-12-27(13-11-18)20(29)14-33-25-26-22-21(16(3)17(4)34-22)23(30)28(25)19-9-7-6-8-15(19)2/h6-9,18H,5,10-14H2,1-4H3. The number of carbonyl (C=O) groups excluding carboxylic acids is 2. The quantitative estimate of drug-likeness (QED) is 0.286. The van der Waals surface area contributed by atoms with E-state index in [1.54, 1.807) is 16.4 Å². The molecule has 0 saturated carbocycles. The Hall–Kier alpha value is -2.65. The average molecular weight is 500 g/mol. The van der Waals surface area contributed by atoms with E-state index >= 15 is 0 Å². The first-order valence-electron chi connectivity index (χ1n) is 11.5. The van der Waals surface area contributed by atoms with E-state index in [2.05, 4.69) is 0 Å². The minimum Gasteiger partial charge on any atom is -0.466 e. The van der Waals surface area contributed by atoms with Crippen LogP contribution in [0.1, 0.15) is 35.8 Å². The van der Waals surface area contributed by atoms with Gasteiger partial charge in [0.2, 0.25) is 5.91 Å². The van der Waals surface area contributed by atoms with Crippen molar-refractivity contribution in [1.29, 1.82) is 0 Å². The third kappa shape index (κ3) is 4.77. The Bertz CT molecular complexity index is 1290. The fraction of sp³-hybridized carbons (Fsp3) is 0.440. The van der Waals surface area contributed by atoms with Crippen molar-refractivity contribution < 1.29 is 14.3 Å². The number of benzene rings is 1. The number of para-hydroxylation sites is 1. The van der Waals surface area contributed by atoms with Crippen molar-refractivity contribution in [1.82, 2.24) is 14.5 Å². The van der Waals surface area contributed by atoms with Crippen molar-refractivity contribution in [2.75, 3.05) is 25.4 Å². The third-order valence-corrected chi connectivity index (χ3v) is 8.35. The Morgan fingerprint density at radius 2 is 1.88 bits per heavy atom. The number of fused-ring (bicyclic) bond motifs is 1. The molecule has 0 radical (unpaired) electrons. The molecule has 0 spiro atoms. The number of carbonyl (C=O) groups is 2. The van der Waals surface area contributed by atoms with E-state index < -0.39 is 0 Å². The lowest BCUT2D eigenvalue weighted by Gasteiger charge is -2.30. The van der Waals surface area contributed by atoms with Crippen LogP contribution in [0.2, 0.25) is 0 Å². The zero-order chi connectivity index (χ0) is 24.4. The number of thiophene rings is 1. The molecule has 3 heterocycles. The second-order valence-corrected chi connectivity index (χ2v) is 10.6. The van der Waals surface area contributed by atoms with E-state index in [-0.39, 0.29) is 29.1 Å². The van der Waals surface area contributed by atoms with E-state index in [1.165, 1.54) is 23.1 Å². The van der Waals surface area contributed by atoms with Crippen LogP contribution in [-0.2, 0) is 14.3 Å². The number of likely N-dealkylation sites (tertiary alicyclic amines) is 1. The summed E-state index contributed by atoms with van der Waals surface area (Å²) >= 11 is 2.79. The summed E-state index contributed by atoms with van der Waals surface area (Å²) in [5.41, 5.74) is 2.59. The Morgan fingerprint density at radius 3 is 2.56 bits per heavy atom. The van der Waals surface area contributed by atoms with E-state index in [0.717, 1.165) is 21.7 Å². The smallest absolute Gasteiger partial charge is 0.309 e. The van der Waals surface area contributed by atoms with E-state index in [9.17, 15) is 14.4 Å². The molecule has 1 aliphatic heterocycles. The second-order valence-electron chi connectivity index (χ2n) is 8.48. The maximum absolute atomic E-state index is 13.6. The van der Waals surface area contributed by atoms with Crippen molar-refractivity contribution in [3.8, 4) is 5.69 Å². The average Bonchev–Trinajstić information content (AvgIpc) is 3.12. The maximum Gasteiger partial charge on any atom is 0.309 e. The first kappa shape index (κ1) is 24.5. The normalized spacial score (nSPS) is 14.5. The van der Waals surface area contributed by atoms with Crippen LogP contribution in [0.3, 0.4) is 0 Å². The molecule has 4 rings (SSSR count). The number of hydrogen-bond donors (Lipinski definition) is 0. The number of ether oxygens (including phenoxy) is 1. The lowest BCUT2D eigenvalue weighted by molar-refractivity contribution is -0.151. The maximum atomic E-state index is 13.6. The molecule has 9 heteroatoms. The molecule has 34 heavy (non-hydrogen) atoms. The van der Waals surface area contributed by atoms with Crippen LogP contribution in [0, 0.1) is 26.7 Å². The van der Waals surface area contributed by atoms with Crippen molar-refractivity contribution in [3.05, 3.63) is 50.6 Å². The largest absolute Gasteiger partial charge is 0.466 e. The van der Waals surface area contributed by atoms with Gasteiger partial charge in [-0.3, -0.25) is 19.0 Å².